The van der Waals surface area contributed by atoms with Crippen molar-refractivity contribution >= 4 is 17.2 Å². The summed E-state index contributed by atoms with van der Waals surface area (Å²) in [6.07, 6.45) is 1.48. The number of nitrogens with zero attached hydrogens (tertiary/aromatic N) is 1. The van der Waals surface area contributed by atoms with Gasteiger partial charge in [0.05, 0.1) is 6.04 Å². The fourth-order valence-electron chi connectivity index (χ4n) is 1.96. The van der Waals surface area contributed by atoms with Crippen molar-refractivity contribution in [2.45, 2.75) is 25.8 Å². The van der Waals surface area contributed by atoms with Crippen LogP contribution in [0.5, 0.6) is 0 Å². The molecular weight excluding hydrogens is 258 g/mol. The van der Waals surface area contributed by atoms with Crippen LogP contribution in [0, 0.1) is 5.92 Å². The summed E-state index contributed by atoms with van der Waals surface area (Å²) in [5, 5.41) is 5.09. The van der Waals surface area contributed by atoms with E-state index in [4.69, 9.17) is 5.73 Å². The summed E-state index contributed by atoms with van der Waals surface area (Å²) in [6, 6.07) is 4.39. The van der Waals surface area contributed by atoms with Crippen LogP contribution >= 0.6 is 11.3 Å². The Labute approximate surface area is 120 Å². The first-order chi connectivity index (χ1) is 9.08. The Morgan fingerprint density at radius 3 is 2.74 bits per heavy atom. The molecule has 108 valence electrons. The zero-order chi connectivity index (χ0) is 14.3. The van der Waals surface area contributed by atoms with Crippen LogP contribution in [-0.2, 0) is 4.79 Å². The second kappa shape index (κ2) is 8.30. The second-order valence-corrected chi connectivity index (χ2v) is 5.99. The van der Waals surface area contributed by atoms with Gasteiger partial charge in [-0.25, -0.2) is 0 Å². The third-order valence-electron chi connectivity index (χ3n) is 3.37. The maximum Gasteiger partial charge on any atom is 0.220 e. The third-order valence-corrected chi connectivity index (χ3v) is 4.35. The maximum atomic E-state index is 11.9. The van der Waals surface area contributed by atoms with E-state index >= 15 is 0 Å². The van der Waals surface area contributed by atoms with Crippen LogP contribution < -0.4 is 11.1 Å². The van der Waals surface area contributed by atoms with Gasteiger partial charge in [-0.1, -0.05) is 19.4 Å². The zero-order valence-electron chi connectivity index (χ0n) is 12.1. The first-order valence-corrected chi connectivity index (χ1v) is 7.63. The Kier molecular flexibility index (Phi) is 7.05. The van der Waals surface area contributed by atoms with Crippen LogP contribution in [0.1, 0.15) is 30.7 Å². The van der Waals surface area contributed by atoms with E-state index in [0.717, 1.165) is 6.42 Å². The van der Waals surface area contributed by atoms with Gasteiger partial charge in [-0.3, -0.25) is 4.79 Å². The van der Waals surface area contributed by atoms with E-state index in [9.17, 15) is 4.79 Å². The normalized spacial score (nSPS) is 14.4. The number of rotatable bonds is 8. The van der Waals surface area contributed by atoms with Crippen molar-refractivity contribution < 1.29 is 4.79 Å². The summed E-state index contributed by atoms with van der Waals surface area (Å²) in [6.45, 7) is 3.29. The maximum absolute atomic E-state index is 11.9. The molecular formula is C14H25N3OS. The zero-order valence-corrected chi connectivity index (χ0v) is 12.9. The van der Waals surface area contributed by atoms with E-state index in [2.05, 4.69) is 28.6 Å². The number of likely N-dealkylation sites (N-methyl/N-ethyl adjacent to an activating group) is 1. The minimum atomic E-state index is 0.0979. The molecule has 2 atom stereocenters. The van der Waals surface area contributed by atoms with Gasteiger partial charge in [-0.15, -0.1) is 11.3 Å². The standard InChI is InChI=1S/C14H25N3OS/c1-4-11(9-15)8-14(18)16-10-12(17(2)3)13-6-5-7-19-13/h5-7,11-12H,4,8-10,15H2,1-3H3,(H,16,18). The molecule has 0 radical (unpaired) electrons. The summed E-state index contributed by atoms with van der Waals surface area (Å²) in [4.78, 5) is 15.3. The van der Waals surface area contributed by atoms with Crippen LogP contribution in [0.25, 0.3) is 0 Å². The fourth-order valence-corrected chi connectivity index (χ4v) is 2.88. The lowest BCUT2D eigenvalue weighted by Crippen LogP contribution is -2.35. The first kappa shape index (κ1) is 16.1. The van der Waals surface area contributed by atoms with Gasteiger partial charge < -0.3 is 16.0 Å². The topological polar surface area (TPSA) is 58.4 Å². The molecule has 0 aliphatic heterocycles. The highest BCUT2D eigenvalue weighted by molar-refractivity contribution is 7.10. The van der Waals surface area contributed by atoms with Crippen molar-refractivity contribution in [2.75, 3.05) is 27.2 Å². The molecule has 1 rings (SSSR count). The van der Waals surface area contributed by atoms with E-state index in [1.807, 2.05) is 20.2 Å². The van der Waals surface area contributed by atoms with Crippen molar-refractivity contribution in [3.8, 4) is 0 Å². The smallest absolute Gasteiger partial charge is 0.220 e. The number of amides is 1. The van der Waals surface area contributed by atoms with Gasteiger partial charge in [-0.2, -0.15) is 0 Å². The van der Waals surface area contributed by atoms with Crippen molar-refractivity contribution in [3.63, 3.8) is 0 Å². The van der Waals surface area contributed by atoms with E-state index in [1.165, 1.54) is 4.88 Å². The molecule has 1 amide bonds. The van der Waals surface area contributed by atoms with Crippen LogP contribution in [0.4, 0.5) is 0 Å². The second-order valence-electron chi connectivity index (χ2n) is 5.01. The number of hydrogen-bond acceptors (Lipinski definition) is 4. The lowest BCUT2D eigenvalue weighted by molar-refractivity contribution is -0.122. The Balaban J connectivity index is 2.47. The van der Waals surface area contributed by atoms with E-state index < -0.39 is 0 Å². The quantitative estimate of drug-likeness (QED) is 0.765. The highest BCUT2D eigenvalue weighted by atomic mass is 32.1. The Morgan fingerprint density at radius 1 is 1.53 bits per heavy atom. The molecule has 0 saturated carbocycles. The highest BCUT2D eigenvalue weighted by Crippen LogP contribution is 2.22. The van der Waals surface area contributed by atoms with Crippen LogP contribution in [0.15, 0.2) is 17.5 Å². The highest BCUT2D eigenvalue weighted by Gasteiger charge is 2.17. The predicted octanol–water partition coefficient (Wildman–Crippen LogP) is 1.84. The molecule has 0 aromatic carbocycles. The summed E-state index contributed by atoms with van der Waals surface area (Å²) >= 11 is 1.72. The van der Waals surface area contributed by atoms with Gasteiger partial charge in [0.1, 0.15) is 0 Å². The van der Waals surface area contributed by atoms with Crippen molar-refractivity contribution in [1.29, 1.82) is 0 Å². The lowest BCUT2D eigenvalue weighted by Gasteiger charge is -2.24. The largest absolute Gasteiger partial charge is 0.354 e. The molecule has 3 N–H and O–H groups in total. The number of nitrogens with one attached hydrogen (secondary N) is 1. The number of hydrogen-bond donors (Lipinski definition) is 2. The minimum absolute atomic E-state index is 0.0979. The molecule has 0 aliphatic carbocycles. The first-order valence-electron chi connectivity index (χ1n) is 6.75. The summed E-state index contributed by atoms with van der Waals surface area (Å²) in [5.74, 6) is 0.389. The predicted molar refractivity (Wildman–Crippen MR) is 81.2 cm³/mol. The Hall–Kier alpha value is -0.910. The van der Waals surface area contributed by atoms with Gasteiger partial charge >= 0.3 is 0 Å². The summed E-state index contributed by atoms with van der Waals surface area (Å²) in [5.41, 5.74) is 5.63. The number of thiophene rings is 1. The van der Waals surface area contributed by atoms with Crippen LogP contribution in [0.2, 0.25) is 0 Å². The van der Waals surface area contributed by atoms with Gasteiger partial charge in [-0.05, 0) is 38.0 Å². The van der Waals surface area contributed by atoms with Crippen molar-refractivity contribution in [1.82, 2.24) is 10.2 Å². The van der Waals surface area contributed by atoms with Crippen molar-refractivity contribution in [2.24, 2.45) is 11.7 Å². The van der Waals surface area contributed by atoms with Gasteiger partial charge in [0.2, 0.25) is 5.91 Å². The lowest BCUT2D eigenvalue weighted by atomic mass is 10.0. The van der Waals surface area contributed by atoms with Gasteiger partial charge in [0, 0.05) is 17.8 Å². The third kappa shape index (κ3) is 5.30. The average Bonchev–Trinajstić information content (AvgIpc) is 2.89. The van der Waals surface area contributed by atoms with Crippen LogP contribution in [-0.4, -0.2) is 38.0 Å². The molecule has 4 nitrogen and oxygen atoms in total. The van der Waals surface area contributed by atoms with Gasteiger partial charge in [0.25, 0.3) is 0 Å². The molecule has 19 heavy (non-hydrogen) atoms. The number of carbonyl (C=O) groups is 1. The molecule has 0 spiro atoms. The molecule has 0 fully saturated rings. The number of carbonyl (C=O) groups excluding carboxylic acids is 1. The van der Waals surface area contributed by atoms with Gasteiger partial charge in [0.15, 0.2) is 0 Å². The fraction of sp³-hybridized carbons (Fsp3) is 0.643. The average molecular weight is 283 g/mol. The number of nitrogens with two attached hydrogens (primary N) is 1. The molecule has 1 aromatic rings. The SMILES string of the molecule is CCC(CN)CC(=O)NCC(c1cccs1)N(C)C. The van der Waals surface area contributed by atoms with E-state index in [1.54, 1.807) is 11.3 Å². The van der Waals surface area contributed by atoms with Crippen molar-refractivity contribution in [3.05, 3.63) is 22.4 Å². The summed E-state index contributed by atoms with van der Waals surface area (Å²) in [7, 11) is 4.07. The molecule has 1 heterocycles. The molecule has 0 saturated heterocycles. The molecule has 1 aromatic heterocycles. The minimum Gasteiger partial charge on any atom is -0.354 e. The van der Waals surface area contributed by atoms with E-state index in [0.29, 0.717) is 25.4 Å². The van der Waals surface area contributed by atoms with E-state index in [-0.39, 0.29) is 11.9 Å². The summed E-state index contributed by atoms with van der Waals surface area (Å²) < 4.78 is 0. The Morgan fingerprint density at radius 2 is 2.26 bits per heavy atom. The molecule has 0 bridgehead atoms. The molecule has 0 aliphatic rings. The monoisotopic (exact) mass is 283 g/mol. The molecule has 5 heteroatoms. The van der Waals surface area contributed by atoms with Crippen LogP contribution in [0.3, 0.4) is 0 Å². The Bertz CT molecular complexity index is 361. The molecule has 2 unspecified atom stereocenters.